The number of nitrogens with zero attached hydrogens (tertiary/aromatic N) is 1. The Balaban J connectivity index is 1.32. The monoisotopic (exact) mass is 401 g/mol. The van der Waals surface area contributed by atoms with Crippen LogP contribution in [0.4, 0.5) is 0 Å². The summed E-state index contributed by atoms with van der Waals surface area (Å²) in [4.78, 5) is 38.9. The first kappa shape index (κ1) is 15.3. The molecule has 2 saturated carbocycles. The SMILES string of the molecule is O=C(CN1C(=O)[C@@H]2[C@H]3C=C[C@H]([C@H]4C[C@@H]34)[C@@H]2C1=O)Oc1ccc(Br)cc1. The van der Waals surface area contributed by atoms with Crippen LogP contribution in [0.5, 0.6) is 5.75 Å². The Kier molecular flexibility index (Phi) is 3.23. The molecule has 5 nitrogen and oxygen atoms in total. The largest absolute Gasteiger partial charge is 0.425 e. The normalized spacial score (nSPS) is 37.1. The molecule has 3 fully saturated rings. The first-order valence-electron chi connectivity index (χ1n) is 8.54. The lowest BCUT2D eigenvalue weighted by Gasteiger charge is -2.37. The predicted octanol–water partition coefficient (Wildman–Crippen LogP) is 2.41. The average molecular weight is 402 g/mol. The van der Waals surface area contributed by atoms with E-state index in [1.165, 1.54) is 0 Å². The molecule has 2 bridgehead atoms. The lowest BCUT2D eigenvalue weighted by molar-refractivity contribution is -0.148. The number of rotatable bonds is 3. The quantitative estimate of drug-likeness (QED) is 0.337. The van der Waals surface area contributed by atoms with E-state index in [1.54, 1.807) is 24.3 Å². The minimum absolute atomic E-state index is 0.170. The van der Waals surface area contributed by atoms with Crippen molar-refractivity contribution in [2.24, 2.45) is 35.5 Å². The third-order valence-electron chi connectivity index (χ3n) is 6.09. The van der Waals surface area contributed by atoms with Gasteiger partial charge >= 0.3 is 5.97 Å². The van der Waals surface area contributed by atoms with E-state index in [9.17, 15) is 14.4 Å². The standard InChI is InChI=1S/C19H16BrNO4/c20-9-1-3-10(4-2-9)25-15(22)8-21-18(23)16-11-5-6-12(14-7-13(11)14)17(16)19(21)24/h1-6,11-14,16-17H,7-8H2/t11-,12+,13-,14+,16+,17-. The molecule has 5 aliphatic rings. The molecule has 0 aromatic heterocycles. The van der Waals surface area contributed by atoms with Gasteiger partial charge in [-0.1, -0.05) is 28.1 Å². The summed E-state index contributed by atoms with van der Waals surface area (Å²) in [6.07, 6.45) is 5.37. The molecule has 0 spiro atoms. The summed E-state index contributed by atoms with van der Waals surface area (Å²) in [5.41, 5.74) is 0. The maximum absolute atomic E-state index is 12.8. The van der Waals surface area contributed by atoms with Crippen LogP contribution in [0.3, 0.4) is 0 Å². The van der Waals surface area contributed by atoms with Gasteiger partial charge in [0.1, 0.15) is 12.3 Å². The fraction of sp³-hybridized carbons (Fsp3) is 0.421. The average Bonchev–Trinajstić information content (AvgIpc) is 3.38. The molecule has 0 radical (unpaired) electrons. The Morgan fingerprint density at radius 2 is 1.60 bits per heavy atom. The van der Waals surface area contributed by atoms with Crippen molar-refractivity contribution in [2.45, 2.75) is 6.42 Å². The van der Waals surface area contributed by atoms with E-state index in [-0.39, 0.29) is 42.0 Å². The Morgan fingerprint density at radius 3 is 2.16 bits per heavy atom. The molecule has 0 unspecified atom stereocenters. The van der Waals surface area contributed by atoms with Gasteiger partial charge < -0.3 is 4.74 Å². The van der Waals surface area contributed by atoms with Gasteiger partial charge in [0.2, 0.25) is 11.8 Å². The number of ether oxygens (including phenoxy) is 1. The van der Waals surface area contributed by atoms with Gasteiger partial charge in [0.05, 0.1) is 11.8 Å². The van der Waals surface area contributed by atoms with E-state index >= 15 is 0 Å². The molecule has 1 heterocycles. The van der Waals surface area contributed by atoms with Gasteiger partial charge in [0, 0.05) is 4.47 Å². The molecule has 1 aliphatic heterocycles. The van der Waals surface area contributed by atoms with Crippen LogP contribution in [0.1, 0.15) is 6.42 Å². The van der Waals surface area contributed by atoms with Gasteiger partial charge in [0.25, 0.3) is 0 Å². The number of carbonyl (C=O) groups is 3. The second-order valence-electron chi connectivity index (χ2n) is 7.35. The third kappa shape index (κ3) is 2.23. The fourth-order valence-electron chi connectivity index (χ4n) is 4.97. The molecule has 6 rings (SSSR count). The Hall–Kier alpha value is -1.95. The van der Waals surface area contributed by atoms with Crippen LogP contribution in [0.15, 0.2) is 40.9 Å². The molecule has 1 saturated heterocycles. The molecule has 25 heavy (non-hydrogen) atoms. The molecular formula is C19H16BrNO4. The lowest BCUT2D eigenvalue weighted by atomic mass is 9.63. The van der Waals surface area contributed by atoms with Crippen LogP contribution in [-0.4, -0.2) is 29.2 Å². The zero-order valence-corrected chi connectivity index (χ0v) is 14.9. The van der Waals surface area contributed by atoms with Gasteiger partial charge in [-0.2, -0.15) is 0 Å². The number of esters is 1. The number of halogens is 1. The molecule has 1 aromatic carbocycles. The van der Waals surface area contributed by atoms with Crippen LogP contribution < -0.4 is 4.74 Å². The van der Waals surface area contributed by atoms with Crippen molar-refractivity contribution in [3.05, 3.63) is 40.9 Å². The highest BCUT2D eigenvalue weighted by Crippen LogP contribution is 2.65. The van der Waals surface area contributed by atoms with Crippen molar-refractivity contribution < 1.29 is 19.1 Å². The van der Waals surface area contributed by atoms with Crippen LogP contribution >= 0.6 is 15.9 Å². The van der Waals surface area contributed by atoms with Crippen molar-refractivity contribution in [2.75, 3.05) is 6.54 Å². The number of carbonyl (C=O) groups excluding carboxylic acids is 3. The highest BCUT2D eigenvalue weighted by atomic mass is 79.9. The smallest absolute Gasteiger partial charge is 0.331 e. The second kappa shape index (κ2) is 5.27. The lowest BCUT2D eigenvalue weighted by Crippen LogP contribution is -2.40. The molecule has 1 aromatic rings. The van der Waals surface area contributed by atoms with E-state index in [4.69, 9.17) is 4.74 Å². The summed E-state index contributed by atoms with van der Waals surface area (Å²) in [5, 5.41) is 0. The molecule has 6 atom stereocenters. The zero-order valence-electron chi connectivity index (χ0n) is 13.3. The highest BCUT2D eigenvalue weighted by Gasteiger charge is 2.67. The van der Waals surface area contributed by atoms with Crippen LogP contribution in [0, 0.1) is 35.5 Å². The molecule has 6 heteroatoms. The van der Waals surface area contributed by atoms with Crippen molar-refractivity contribution in [1.29, 1.82) is 0 Å². The van der Waals surface area contributed by atoms with Gasteiger partial charge in [-0.3, -0.25) is 14.5 Å². The van der Waals surface area contributed by atoms with Crippen LogP contribution in [0.2, 0.25) is 0 Å². The summed E-state index contributed by atoms with van der Waals surface area (Å²) in [6, 6.07) is 6.85. The van der Waals surface area contributed by atoms with Gasteiger partial charge in [-0.15, -0.1) is 0 Å². The topological polar surface area (TPSA) is 63.7 Å². The second-order valence-corrected chi connectivity index (χ2v) is 8.26. The Labute approximate surface area is 153 Å². The van der Waals surface area contributed by atoms with Gasteiger partial charge in [-0.05, 0) is 54.4 Å². The maximum Gasteiger partial charge on any atom is 0.331 e. The number of hydrogen-bond donors (Lipinski definition) is 0. The van der Waals surface area contributed by atoms with Crippen molar-refractivity contribution in [1.82, 2.24) is 4.90 Å². The molecule has 128 valence electrons. The van der Waals surface area contributed by atoms with E-state index in [0.717, 1.165) is 15.8 Å². The van der Waals surface area contributed by atoms with Crippen LogP contribution in [0.25, 0.3) is 0 Å². The number of imide groups is 1. The molecule has 0 N–H and O–H groups in total. The summed E-state index contributed by atoms with van der Waals surface area (Å²) < 4.78 is 6.14. The van der Waals surface area contributed by atoms with Gasteiger partial charge in [-0.25, -0.2) is 4.79 Å². The molecular weight excluding hydrogens is 386 g/mol. The summed E-state index contributed by atoms with van der Waals surface area (Å²) in [5.74, 6) is 0.317. The third-order valence-corrected chi connectivity index (χ3v) is 6.62. The minimum atomic E-state index is -0.590. The van der Waals surface area contributed by atoms with Crippen molar-refractivity contribution in [3.63, 3.8) is 0 Å². The van der Waals surface area contributed by atoms with Gasteiger partial charge in [0.15, 0.2) is 0 Å². The van der Waals surface area contributed by atoms with E-state index < -0.39 is 5.97 Å². The summed E-state index contributed by atoms with van der Waals surface area (Å²) in [6.45, 7) is -0.310. The first-order chi connectivity index (χ1) is 12.0. The first-order valence-corrected chi connectivity index (χ1v) is 9.33. The fourth-order valence-corrected chi connectivity index (χ4v) is 5.23. The number of amides is 2. The summed E-state index contributed by atoms with van der Waals surface area (Å²) >= 11 is 3.31. The highest BCUT2D eigenvalue weighted by molar-refractivity contribution is 9.10. The Bertz CT molecular complexity index is 781. The molecule has 4 aliphatic carbocycles. The molecule has 2 amide bonds. The Morgan fingerprint density at radius 1 is 1.04 bits per heavy atom. The van der Waals surface area contributed by atoms with E-state index in [2.05, 4.69) is 28.1 Å². The van der Waals surface area contributed by atoms with E-state index in [0.29, 0.717) is 17.6 Å². The minimum Gasteiger partial charge on any atom is -0.425 e. The number of hydrogen-bond acceptors (Lipinski definition) is 4. The van der Waals surface area contributed by atoms with Crippen LogP contribution in [-0.2, 0) is 14.4 Å². The number of benzene rings is 1. The number of likely N-dealkylation sites (tertiary alicyclic amines) is 1. The summed E-state index contributed by atoms with van der Waals surface area (Å²) in [7, 11) is 0. The van der Waals surface area contributed by atoms with Crippen molar-refractivity contribution in [3.8, 4) is 5.75 Å². The number of allylic oxidation sites excluding steroid dienone is 2. The zero-order chi connectivity index (χ0) is 17.3. The van der Waals surface area contributed by atoms with Crippen molar-refractivity contribution >= 4 is 33.7 Å². The van der Waals surface area contributed by atoms with E-state index in [1.807, 2.05) is 0 Å². The maximum atomic E-state index is 12.8. The predicted molar refractivity (Wildman–Crippen MR) is 91.2 cm³/mol.